The molecular weight excluding hydrogens is 212 g/mol. The molecule has 0 saturated heterocycles. The van der Waals surface area contributed by atoms with Crippen molar-refractivity contribution in [2.45, 2.75) is 32.8 Å². The van der Waals surface area contributed by atoms with Crippen molar-refractivity contribution >= 4 is 5.71 Å². The Morgan fingerprint density at radius 2 is 2.06 bits per heavy atom. The number of rotatable bonds is 4. The van der Waals surface area contributed by atoms with Crippen molar-refractivity contribution in [1.29, 1.82) is 0 Å². The molecule has 2 rings (SSSR count). The normalized spacial score (nSPS) is 19.3. The average molecular weight is 232 g/mol. The van der Waals surface area contributed by atoms with Gasteiger partial charge in [0.05, 0.1) is 5.71 Å². The maximum atomic E-state index is 5.55. The van der Waals surface area contributed by atoms with Gasteiger partial charge in [0.25, 0.3) is 0 Å². The first-order valence-corrected chi connectivity index (χ1v) is 6.21. The molecule has 3 heteroatoms. The summed E-state index contributed by atoms with van der Waals surface area (Å²) in [5, 5.41) is 4.09. The van der Waals surface area contributed by atoms with Crippen LogP contribution in [0.5, 0.6) is 0 Å². The lowest BCUT2D eigenvalue weighted by molar-refractivity contribution is 0.0918. The Morgan fingerprint density at radius 3 is 2.59 bits per heavy atom. The Hall–Kier alpha value is -1.35. The molecule has 1 aromatic carbocycles. The first kappa shape index (κ1) is 12.1. The predicted molar refractivity (Wildman–Crippen MR) is 70.1 cm³/mol. The summed E-state index contributed by atoms with van der Waals surface area (Å²) in [7, 11) is 0. The van der Waals surface area contributed by atoms with Crippen LogP contribution in [0.15, 0.2) is 29.4 Å². The lowest BCUT2D eigenvalue weighted by atomic mass is 9.99. The second kappa shape index (κ2) is 5.32. The highest BCUT2D eigenvalue weighted by Crippen LogP contribution is 2.17. The molecule has 0 aromatic heterocycles. The van der Waals surface area contributed by atoms with E-state index in [9.17, 15) is 0 Å². The molecule has 0 saturated carbocycles. The molecule has 0 bridgehead atoms. The highest BCUT2D eigenvalue weighted by Gasteiger charge is 2.20. The number of hydrogen-bond acceptors (Lipinski definition) is 3. The van der Waals surface area contributed by atoms with E-state index in [4.69, 9.17) is 10.6 Å². The van der Waals surface area contributed by atoms with Crippen LogP contribution in [0.1, 0.15) is 31.4 Å². The molecule has 17 heavy (non-hydrogen) atoms. The number of oxime groups is 1. The van der Waals surface area contributed by atoms with Crippen LogP contribution in [0, 0.1) is 5.92 Å². The Morgan fingerprint density at radius 1 is 1.35 bits per heavy atom. The van der Waals surface area contributed by atoms with E-state index in [1.807, 2.05) is 0 Å². The first-order chi connectivity index (χ1) is 8.19. The summed E-state index contributed by atoms with van der Waals surface area (Å²) in [4.78, 5) is 5.23. The van der Waals surface area contributed by atoms with Gasteiger partial charge >= 0.3 is 0 Å². The standard InChI is InChI=1S/C14H20N2O/c1-10(2)7-11-3-5-12(6-4-11)14-8-13(9-15)17-16-14/h3-6,10,13H,7-9,15H2,1-2H3. The SMILES string of the molecule is CC(C)Cc1ccc(C2=NOC(CN)C2)cc1. The maximum absolute atomic E-state index is 5.55. The molecule has 0 aliphatic carbocycles. The minimum atomic E-state index is 0.0559. The number of benzene rings is 1. The zero-order valence-corrected chi connectivity index (χ0v) is 10.5. The van der Waals surface area contributed by atoms with E-state index in [0.717, 1.165) is 24.1 Å². The van der Waals surface area contributed by atoms with Gasteiger partial charge in [-0.25, -0.2) is 0 Å². The van der Waals surface area contributed by atoms with Crippen LogP contribution in [0.2, 0.25) is 0 Å². The van der Waals surface area contributed by atoms with Gasteiger partial charge in [0.1, 0.15) is 6.10 Å². The van der Waals surface area contributed by atoms with Crippen molar-refractivity contribution in [1.82, 2.24) is 0 Å². The van der Waals surface area contributed by atoms with E-state index >= 15 is 0 Å². The van der Waals surface area contributed by atoms with Gasteiger partial charge < -0.3 is 10.6 Å². The Labute approximate surface area is 103 Å². The molecule has 1 atom stereocenters. The van der Waals surface area contributed by atoms with Crippen molar-refractivity contribution in [3.05, 3.63) is 35.4 Å². The van der Waals surface area contributed by atoms with Crippen molar-refractivity contribution in [2.24, 2.45) is 16.8 Å². The molecule has 0 amide bonds. The molecule has 1 aromatic rings. The lowest BCUT2D eigenvalue weighted by Gasteiger charge is -2.06. The van der Waals surface area contributed by atoms with E-state index in [1.54, 1.807) is 0 Å². The molecular formula is C14H20N2O. The lowest BCUT2D eigenvalue weighted by Crippen LogP contribution is -2.20. The van der Waals surface area contributed by atoms with Crippen molar-refractivity contribution in [2.75, 3.05) is 6.54 Å². The Bertz CT molecular complexity index is 395. The fraction of sp³-hybridized carbons (Fsp3) is 0.500. The number of nitrogens with zero attached hydrogens (tertiary/aromatic N) is 1. The van der Waals surface area contributed by atoms with Crippen molar-refractivity contribution in [3.8, 4) is 0 Å². The highest BCUT2D eigenvalue weighted by molar-refractivity contribution is 6.01. The predicted octanol–water partition coefficient (Wildman–Crippen LogP) is 2.34. The van der Waals surface area contributed by atoms with E-state index in [-0.39, 0.29) is 6.10 Å². The molecule has 0 spiro atoms. The zero-order chi connectivity index (χ0) is 12.3. The Kier molecular flexibility index (Phi) is 3.79. The highest BCUT2D eigenvalue weighted by atomic mass is 16.6. The molecule has 0 radical (unpaired) electrons. The van der Waals surface area contributed by atoms with Gasteiger partial charge in [-0.3, -0.25) is 0 Å². The van der Waals surface area contributed by atoms with Crippen LogP contribution in [-0.2, 0) is 11.3 Å². The van der Waals surface area contributed by atoms with Crippen molar-refractivity contribution in [3.63, 3.8) is 0 Å². The van der Waals surface area contributed by atoms with Gasteiger partial charge in [-0.15, -0.1) is 0 Å². The third kappa shape index (κ3) is 3.07. The monoisotopic (exact) mass is 232 g/mol. The second-order valence-corrected chi connectivity index (χ2v) is 5.00. The number of hydrogen-bond donors (Lipinski definition) is 1. The third-order valence-electron chi connectivity index (χ3n) is 2.93. The van der Waals surface area contributed by atoms with E-state index < -0.39 is 0 Å². The number of nitrogens with two attached hydrogens (primary N) is 1. The molecule has 1 aliphatic rings. The van der Waals surface area contributed by atoms with Gasteiger partial charge in [-0.1, -0.05) is 43.3 Å². The molecule has 2 N–H and O–H groups in total. The van der Waals surface area contributed by atoms with Crippen molar-refractivity contribution < 1.29 is 4.84 Å². The van der Waals surface area contributed by atoms with E-state index in [1.165, 1.54) is 5.56 Å². The molecule has 1 unspecified atom stereocenters. The summed E-state index contributed by atoms with van der Waals surface area (Å²) in [5.41, 5.74) is 9.09. The summed E-state index contributed by atoms with van der Waals surface area (Å²) in [6.45, 7) is 4.99. The van der Waals surface area contributed by atoms with Crippen LogP contribution in [-0.4, -0.2) is 18.4 Å². The molecule has 3 nitrogen and oxygen atoms in total. The van der Waals surface area contributed by atoms with Crippen LogP contribution in [0.25, 0.3) is 0 Å². The maximum Gasteiger partial charge on any atom is 0.145 e. The second-order valence-electron chi connectivity index (χ2n) is 5.00. The quantitative estimate of drug-likeness (QED) is 0.866. The van der Waals surface area contributed by atoms with Gasteiger partial charge in [0.15, 0.2) is 0 Å². The largest absolute Gasteiger partial charge is 0.390 e. The topological polar surface area (TPSA) is 47.6 Å². The molecule has 92 valence electrons. The van der Waals surface area contributed by atoms with Crippen LogP contribution in [0.3, 0.4) is 0 Å². The minimum Gasteiger partial charge on any atom is -0.390 e. The van der Waals surface area contributed by atoms with Gasteiger partial charge in [0, 0.05) is 13.0 Å². The van der Waals surface area contributed by atoms with Crippen LogP contribution >= 0.6 is 0 Å². The van der Waals surface area contributed by atoms with Gasteiger partial charge in [-0.2, -0.15) is 0 Å². The van der Waals surface area contributed by atoms with Gasteiger partial charge in [0.2, 0.25) is 0 Å². The zero-order valence-electron chi connectivity index (χ0n) is 10.5. The first-order valence-electron chi connectivity index (χ1n) is 6.21. The third-order valence-corrected chi connectivity index (χ3v) is 2.93. The fourth-order valence-corrected chi connectivity index (χ4v) is 2.03. The summed E-state index contributed by atoms with van der Waals surface area (Å²) >= 11 is 0. The van der Waals surface area contributed by atoms with E-state index in [0.29, 0.717) is 12.5 Å². The smallest absolute Gasteiger partial charge is 0.145 e. The average Bonchev–Trinajstić information content (AvgIpc) is 2.78. The van der Waals surface area contributed by atoms with Gasteiger partial charge in [-0.05, 0) is 23.5 Å². The summed E-state index contributed by atoms with van der Waals surface area (Å²) in [6, 6.07) is 8.60. The Balaban J connectivity index is 2.03. The van der Waals surface area contributed by atoms with Crippen LogP contribution < -0.4 is 5.73 Å². The summed E-state index contributed by atoms with van der Waals surface area (Å²) in [5.74, 6) is 0.689. The molecule has 1 heterocycles. The summed E-state index contributed by atoms with van der Waals surface area (Å²) < 4.78 is 0. The summed E-state index contributed by atoms with van der Waals surface area (Å²) in [6.07, 6.45) is 2.00. The minimum absolute atomic E-state index is 0.0559. The van der Waals surface area contributed by atoms with Crippen LogP contribution in [0.4, 0.5) is 0 Å². The fourth-order valence-electron chi connectivity index (χ4n) is 2.03. The molecule has 1 aliphatic heterocycles. The van der Waals surface area contributed by atoms with E-state index in [2.05, 4.69) is 43.3 Å². The molecule has 0 fully saturated rings.